The third kappa shape index (κ3) is 4.09. The van der Waals surface area contributed by atoms with Gasteiger partial charge in [0.15, 0.2) is 5.82 Å². The molecule has 0 aliphatic carbocycles. The van der Waals surface area contributed by atoms with Crippen molar-refractivity contribution in [1.82, 2.24) is 24.6 Å². The van der Waals surface area contributed by atoms with Crippen LogP contribution in [0.15, 0.2) is 47.2 Å². The zero-order valence-electron chi connectivity index (χ0n) is 16.2. The standard InChI is InChI=1S/C20H21BrN6O2/c1-14-23-18(13-19(24-14)27-7-3-6-22-27)25-8-10-26(11-9-25)20(28)16-12-15(29-2)4-5-17(16)21/h3-7,12-13H,8-11H2,1-2H3. The minimum Gasteiger partial charge on any atom is -0.497 e. The number of ether oxygens (including phenoxy) is 1. The predicted molar refractivity (Wildman–Crippen MR) is 113 cm³/mol. The van der Waals surface area contributed by atoms with E-state index in [9.17, 15) is 4.79 Å². The van der Waals surface area contributed by atoms with Gasteiger partial charge in [-0.3, -0.25) is 4.79 Å². The molecule has 4 rings (SSSR count). The molecule has 0 atom stereocenters. The number of hydrogen-bond acceptors (Lipinski definition) is 6. The molecule has 0 bridgehead atoms. The molecule has 9 heteroatoms. The van der Waals surface area contributed by atoms with Gasteiger partial charge in [-0.15, -0.1) is 0 Å². The lowest BCUT2D eigenvalue weighted by molar-refractivity contribution is 0.0745. The Hall–Kier alpha value is -2.94. The molecule has 0 spiro atoms. The van der Waals surface area contributed by atoms with E-state index in [-0.39, 0.29) is 5.91 Å². The van der Waals surface area contributed by atoms with Gasteiger partial charge in [0, 0.05) is 49.1 Å². The van der Waals surface area contributed by atoms with Crippen molar-refractivity contribution in [3.05, 3.63) is 58.6 Å². The zero-order chi connectivity index (χ0) is 20.4. The Balaban J connectivity index is 1.48. The Labute approximate surface area is 177 Å². The quantitative estimate of drug-likeness (QED) is 0.600. The molecule has 1 aliphatic heterocycles. The summed E-state index contributed by atoms with van der Waals surface area (Å²) in [5, 5.41) is 4.25. The van der Waals surface area contributed by atoms with E-state index >= 15 is 0 Å². The second-order valence-electron chi connectivity index (χ2n) is 6.71. The van der Waals surface area contributed by atoms with Crippen LogP contribution >= 0.6 is 15.9 Å². The molecule has 1 saturated heterocycles. The Morgan fingerprint density at radius 2 is 1.86 bits per heavy atom. The fraction of sp³-hybridized carbons (Fsp3) is 0.300. The first-order chi connectivity index (χ1) is 14.0. The highest BCUT2D eigenvalue weighted by Gasteiger charge is 2.25. The second kappa shape index (κ2) is 8.20. The van der Waals surface area contributed by atoms with Gasteiger partial charge in [-0.25, -0.2) is 14.6 Å². The normalized spacial score (nSPS) is 14.2. The summed E-state index contributed by atoms with van der Waals surface area (Å²) in [6.45, 7) is 4.49. The number of benzene rings is 1. The molecule has 1 amide bonds. The van der Waals surface area contributed by atoms with Crippen LogP contribution in [0.1, 0.15) is 16.2 Å². The molecule has 0 saturated carbocycles. The molecule has 1 aromatic carbocycles. The highest BCUT2D eigenvalue weighted by atomic mass is 79.9. The molecule has 0 radical (unpaired) electrons. The minimum absolute atomic E-state index is 0.00785. The van der Waals surface area contributed by atoms with E-state index in [1.54, 1.807) is 24.1 Å². The molecule has 0 unspecified atom stereocenters. The molecule has 29 heavy (non-hydrogen) atoms. The number of halogens is 1. The monoisotopic (exact) mass is 456 g/mol. The number of aryl methyl sites for hydroxylation is 1. The van der Waals surface area contributed by atoms with Crippen LogP contribution in [-0.2, 0) is 0 Å². The van der Waals surface area contributed by atoms with Gasteiger partial charge < -0.3 is 14.5 Å². The Morgan fingerprint density at radius 3 is 2.55 bits per heavy atom. The lowest BCUT2D eigenvalue weighted by Gasteiger charge is -2.35. The van der Waals surface area contributed by atoms with Crippen molar-refractivity contribution in [2.45, 2.75) is 6.92 Å². The maximum Gasteiger partial charge on any atom is 0.255 e. The van der Waals surface area contributed by atoms with Crippen molar-refractivity contribution >= 4 is 27.7 Å². The number of methoxy groups -OCH3 is 1. The molecule has 3 aromatic rings. The lowest BCUT2D eigenvalue weighted by atomic mass is 10.1. The zero-order valence-corrected chi connectivity index (χ0v) is 17.8. The third-order valence-electron chi connectivity index (χ3n) is 4.84. The SMILES string of the molecule is COc1ccc(Br)c(C(=O)N2CCN(c3cc(-n4cccn4)nc(C)n3)CC2)c1. The van der Waals surface area contributed by atoms with Crippen molar-refractivity contribution < 1.29 is 9.53 Å². The molecular formula is C20H21BrN6O2. The fourth-order valence-corrected chi connectivity index (χ4v) is 3.74. The van der Waals surface area contributed by atoms with Gasteiger partial charge in [-0.1, -0.05) is 0 Å². The molecule has 150 valence electrons. The van der Waals surface area contributed by atoms with Crippen LogP contribution in [-0.4, -0.2) is 63.8 Å². The highest BCUT2D eigenvalue weighted by molar-refractivity contribution is 9.10. The van der Waals surface area contributed by atoms with E-state index in [2.05, 4.69) is 35.9 Å². The maximum absolute atomic E-state index is 13.0. The number of rotatable bonds is 4. The topological polar surface area (TPSA) is 76.4 Å². The Kier molecular flexibility index (Phi) is 5.48. The summed E-state index contributed by atoms with van der Waals surface area (Å²) in [5.74, 6) is 2.92. The molecule has 2 aromatic heterocycles. The number of aromatic nitrogens is 4. The van der Waals surface area contributed by atoms with Crippen molar-refractivity contribution in [1.29, 1.82) is 0 Å². The summed E-state index contributed by atoms with van der Waals surface area (Å²) < 4.78 is 7.74. The van der Waals surface area contributed by atoms with Crippen LogP contribution in [0.2, 0.25) is 0 Å². The van der Waals surface area contributed by atoms with E-state index < -0.39 is 0 Å². The molecule has 1 fully saturated rings. The minimum atomic E-state index is -0.00785. The van der Waals surface area contributed by atoms with Crippen molar-refractivity contribution in [3.63, 3.8) is 0 Å². The van der Waals surface area contributed by atoms with E-state index in [1.165, 1.54) is 0 Å². The summed E-state index contributed by atoms with van der Waals surface area (Å²) >= 11 is 3.47. The fourth-order valence-electron chi connectivity index (χ4n) is 3.32. The van der Waals surface area contributed by atoms with Gasteiger partial charge in [0.05, 0.1) is 12.7 Å². The second-order valence-corrected chi connectivity index (χ2v) is 7.56. The van der Waals surface area contributed by atoms with E-state index in [1.807, 2.05) is 42.3 Å². The number of carbonyl (C=O) groups excluding carboxylic acids is 1. The Morgan fingerprint density at radius 1 is 1.10 bits per heavy atom. The Bertz CT molecular complexity index is 1020. The maximum atomic E-state index is 13.0. The summed E-state index contributed by atoms with van der Waals surface area (Å²) in [4.78, 5) is 26.1. The van der Waals surface area contributed by atoms with Gasteiger partial charge >= 0.3 is 0 Å². The van der Waals surface area contributed by atoms with E-state index in [0.717, 1.165) is 16.1 Å². The van der Waals surface area contributed by atoms with Crippen LogP contribution in [0.25, 0.3) is 5.82 Å². The number of piperazine rings is 1. The first kappa shape index (κ1) is 19.4. The van der Waals surface area contributed by atoms with Crippen LogP contribution < -0.4 is 9.64 Å². The average Bonchev–Trinajstić information content (AvgIpc) is 3.28. The van der Waals surface area contributed by atoms with Gasteiger partial charge in [-0.05, 0) is 47.1 Å². The first-order valence-corrected chi connectivity index (χ1v) is 10.1. The van der Waals surface area contributed by atoms with Crippen molar-refractivity contribution in [3.8, 4) is 11.6 Å². The molecule has 0 N–H and O–H groups in total. The molecule has 1 aliphatic rings. The van der Waals surface area contributed by atoms with Crippen molar-refractivity contribution in [2.75, 3.05) is 38.2 Å². The molecule has 8 nitrogen and oxygen atoms in total. The summed E-state index contributed by atoms with van der Waals surface area (Å²) in [6, 6.07) is 9.22. The number of anilines is 1. The predicted octanol–water partition coefficient (Wildman–Crippen LogP) is 2.70. The smallest absolute Gasteiger partial charge is 0.255 e. The van der Waals surface area contributed by atoms with E-state index in [0.29, 0.717) is 43.3 Å². The highest BCUT2D eigenvalue weighted by Crippen LogP contribution is 2.25. The van der Waals surface area contributed by atoms with Crippen LogP contribution in [0.5, 0.6) is 5.75 Å². The van der Waals surface area contributed by atoms with E-state index in [4.69, 9.17) is 4.74 Å². The summed E-state index contributed by atoms with van der Waals surface area (Å²) in [6.07, 6.45) is 3.58. The first-order valence-electron chi connectivity index (χ1n) is 9.28. The summed E-state index contributed by atoms with van der Waals surface area (Å²) in [5.41, 5.74) is 0.608. The number of nitrogens with zero attached hydrogens (tertiary/aromatic N) is 6. The molecule has 3 heterocycles. The number of hydrogen-bond donors (Lipinski definition) is 0. The van der Waals surface area contributed by atoms with Gasteiger partial charge in [0.1, 0.15) is 17.4 Å². The van der Waals surface area contributed by atoms with Crippen LogP contribution in [0.3, 0.4) is 0 Å². The number of amides is 1. The van der Waals surface area contributed by atoms with Crippen LogP contribution in [0, 0.1) is 6.92 Å². The van der Waals surface area contributed by atoms with Gasteiger partial charge in [0.25, 0.3) is 5.91 Å². The van der Waals surface area contributed by atoms with Crippen molar-refractivity contribution in [2.24, 2.45) is 0 Å². The summed E-state index contributed by atoms with van der Waals surface area (Å²) in [7, 11) is 1.59. The molecular weight excluding hydrogens is 436 g/mol. The van der Waals surface area contributed by atoms with Gasteiger partial charge in [-0.2, -0.15) is 5.10 Å². The number of carbonyl (C=O) groups is 1. The van der Waals surface area contributed by atoms with Gasteiger partial charge in [0.2, 0.25) is 0 Å². The lowest BCUT2D eigenvalue weighted by Crippen LogP contribution is -2.49. The average molecular weight is 457 g/mol. The largest absolute Gasteiger partial charge is 0.497 e. The third-order valence-corrected chi connectivity index (χ3v) is 5.54. The van der Waals surface area contributed by atoms with Crippen LogP contribution in [0.4, 0.5) is 5.82 Å².